The Morgan fingerprint density at radius 2 is 1.83 bits per heavy atom. The first kappa shape index (κ1) is 24.3. The second-order valence-electron chi connectivity index (χ2n) is 7.59. The number of amides is 1. The smallest absolute Gasteiger partial charge is 0.302 e. The van der Waals surface area contributed by atoms with Crippen LogP contribution in [0.5, 0.6) is 0 Å². The van der Waals surface area contributed by atoms with Gasteiger partial charge in [-0.2, -0.15) is 13.2 Å². The molecule has 0 aliphatic heterocycles. The minimum atomic E-state index is -5.10. The summed E-state index contributed by atoms with van der Waals surface area (Å²) < 4.78 is 69.3. The van der Waals surface area contributed by atoms with Crippen molar-refractivity contribution >= 4 is 33.3 Å². The molecule has 2 aromatic heterocycles. The highest BCUT2D eigenvalue weighted by molar-refractivity contribution is 7.14. The maximum absolute atomic E-state index is 14.4. The van der Waals surface area contributed by atoms with Gasteiger partial charge >= 0.3 is 11.9 Å². The van der Waals surface area contributed by atoms with E-state index in [-0.39, 0.29) is 28.7 Å². The fourth-order valence-corrected chi connectivity index (χ4v) is 4.34. The third-order valence-electron chi connectivity index (χ3n) is 5.30. The van der Waals surface area contributed by atoms with Gasteiger partial charge in [0.15, 0.2) is 5.13 Å². The maximum atomic E-state index is 14.4. The van der Waals surface area contributed by atoms with Crippen molar-refractivity contribution in [1.29, 1.82) is 0 Å². The van der Waals surface area contributed by atoms with Crippen molar-refractivity contribution in [1.82, 2.24) is 14.1 Å². The molecule has 1 amide bonds. The molecule has 4 rings (SSSR count). The minimum absolute atomic E-state index is 0.0537. The van der Waals surface area contributed by atoms with E-state index in [0.717, 1.165) is 15.9 Å². The van der Waals surface area contributed by atoms with E-state index >= 15 is 0 Å². The van der Waals surface area contributed by atoms with E-state index < -0.39 is 46.1 Å². The van der Waals surface area contributed by atoms with E-state index in [1.807, 2.05) is 0 Å². The number of rotatable bonds is 4. The lowest BCUT2D eigenvalue weighted by Gasteiger charge is -2.11. The number of aromatic nitrogens is 3. The van der Waals surface area contributed by atoms with Gasteiger partial charge in [-0.15, -0.1) is 11.3 Å². The summed E-state index contributed by atoms with van der Waals surface area (Å²) in [5.74, 6) is -3.59. The normalized spacial score (nSPS) is 11.7. The van der Waals surface area contributed by atoms with E-state index in [1.165, 1.54) is 24.0 Å². The molecular formula is C22H15F5N4O3S. The van der Waals surface area contributed by atoms with Crippen LogP contribution in [0.2, 0.25) is 0 Å². The molecule has 0 radical (unpaired) electrons. The summed E-state index contributed by atoms with van der Waals surface area (Å²) in [7, 11) is 2.80. The highest BCUT2D eigenvalue weighted by atomic mass is 32.1. The average molecular weight is 510 g/mol. The Balaban J connectivity index is 1.63. The lowest BCUT2D eigenvalue weighted by Crippen LogP contribution is -2.37. The van der Waals surface area contributed by atoms with Gasteiger partial charge in [0.25, 0.3) is 5.56 Å². The first-order valence-electron chi connectivity index (χ1n) is 9.88. The standard InChI is InChI=1S/C22H15F5N4O3S/c1-30-15-5-3-4-10(17(15)19(33)31(2)21(30)34)6-16(32)29-20-28-14(9-35-20)12-7-11(23)8-13(18(12)24)22(25,26)27/h3-5,7-9H,6H2,1-2H3,(H,28,29,32). The molecule has 1 N–H and O–H groups in total. The molecule has 2 heterocycles. The highest BCUT2D eigenvalue weighted by Crippen LogP contribution is 2.37. The first-order valence-corrected chi connectivity index (χ1v) is 10.8. The van der Waals surface area contributed by atoms with E-state index in [4.69, 9.17) is 0 Å². The van der Waals surface area contributed by atoms with Crippen molar-refractivity contribution in [3.05, 3.63) is 79.3 Å². The number of nitrogens with one attached hydrogen (secondary N) is 1. The summed E-state index contributed by atoms with van der Waals surface area (Å²) in [5.41, 5.74) is -3.20. The lowest BCUT2D eigenvalue weighted by molar-refractivity contribution is -0.140. The van der Waals surface area contributed by atoms with Crippen LogP contribution < -0.4 is 16.6 Å². The molecule has 2 aromatic carbocycles. The van der Waals surface area contributed by atoms with Crippen molar-refractivity contribution in [3.63, 3.8) is 0 Å². The van der Waals surface area contributed by atoms with Gasteiger partial charge in [0.1, 0.15) is 11.6 Å². The molecule has 13 heteroatoms. The quantitative estimate of drug-likeness (QED) is 0.423. The Morgan fingerprint density at radius 1 is 1.11 bits per heavy atom. The van der Waals surface area contributed by atoms with Gasteiger partial charge in [0.2, 0.25) is 5.91 Å². The second kappa shape index (κ2) is 8.73. The van der Waals surface area contributed by atoms with Crippen LogP contribution in [0.3, 0.4) is 0 Å². The Morgan fingerprint density at radius 3 is 2.51 bits per heavy atom. The van der Waals surface area contributed by atoms with Gasteiger partial charge < -0.3 is 5.32 Å². The van der Waals surface area contributed by atoms with Crippen LogP contribution in [-0.2, 0) is 31.5 Å². The van der Waals surface area contributed by atoms with Crippen LogP contribution in [0.25, 0.3) is 22.2 Å². The van der Waals surface area contributed by atoms with E-state index in [9.17, 15) is 36.3 Å². The summed E-state index contributed by atoms with van der Waals surface area (Å²) in [6.45, 7) is 0. The van der Waals surface area contributed by atoms with Crippen LogP contribution in [0.4, 0.5) is 27.1 Å². The van der Waals surface area contributed by atoms with Gasteiger partial charge in [-0.3, -0.25) is 18.7 Å². The molecule has 0 atom stereocenters. The number of carbonyl (C=O) groups excluding carboxylic acids is 1. The predicted molar refractivity (Wildman–Crippen MR) is 119 cm³/mol. The summed E-state index contributed by atoms with van der Waals surface area (Å²) in [5, 5.41) is 3.72. The monoisotopic (exact) mass is 510 g/mol. The molecule has 0 bridgehead atoms. The third kappa shape index (κ3) is 4.46. The van der Waals surface area contributed by atoms with Crippen molar-refractivity contribution in [3.8, 4) is 11.3 Å². The number of fused-ring (bicyclic) bond motifs is 1. The van der Waals surface area contributed by atoms with E-state index in [0.29, 0.717) is 17.1 Å². The molecular weight excluding hydrogens is 495 g/mol. The van der Waals surface area contributed by atoms with Crippen LogP contribution in [0.1, 0.15) is 11.1 Å². The summed E-state index contributed by atoms with van der Waals surface area (Å²) >= 11 is 0.800. The molecule has 0 fully saturated rings. The lowest BCUT2D eigenvalue weighted by atomic mass is 10.1. The Kier molecular flexibility index (Phi) is 6.05. The molecule has 7 nitrogen and oxygen atoms in total. The largest absolute Gasteiger partial charge is 0.419 e. The minimum Gasteiger partial charge on any atom is -0.302 e. The molecule has 0 spiro atoms. The van der Waals surface area contributed by atoms with Gasteiger partial charge in [-0.25, -0.2) is 18.6 Å². The molecule has 0 unspecified atom stereocenters. The number of alkyl halides is 3. The van der Waals surface area contributed by atoms with Crippen LogP contribution >= 0.6 is 11.3 Å². The number of hydrogen-bond acceptors (Lipinski definition) is 5. The number of aryl methyl sites for hydroxylation is 1. The summed E-state index contributed by atoms with van der Waals surface area (Å²) in [6, 6.07) is 5.33. The summed E-state index contributed by atoms with van der Waals surface area (Å²) in [4.78, 5) is 41.3. The Labute approximate surface area is 197 Å². The van der Waals surface area contributed by atoms with Crippen LogP contribution in [0, 0.1) is 11.6 Å². The number of benzene rings is 2. The number of carbonyl (C=O) groups is 1. The van der Waals surface area contributed by atoms with Gasteiger partial charge in [-0.05, 0) is 23.8 Å². The molecule has 0 saturated carbocycles. The Hall–Kier alpha value is -3.87. The van der Waals surface area contributed by atoms with Crippen LogP contribution in [0.15, 0.2) is 45.3 Å². The second-order valence-corrected chi connectivity index (χ2v) is 8.45. The number of anilines is 1. The van der Waals surface area contributed by atoms with Crippen molar-refractivity contribution in [2.75, 3.05) is 5.32 Å². The fraction of sp³-hybridized carbons (Fsp3) is 0.182. The van der Waals surface area contributed by atoms with E-state index in [2.05, 4.69) is 10.3 Å². The van der Waals surface area contributed by atoms with Crippen molar-refractivity contribution in [2.45, 2.75) is 12.6 Å². The first-order chi connectivity index (χ1) is 16.4. The zero-order chi connectivity index (χ0) is 25.7. The number of halogens is 5. The van der Waals surface area contributed by atoms with Gasteiger partial charge in [0.05, 0.1) is 28.6 Å². The van der Waals surface area contributed by atoms with Crippen molar-refractivity contribution < 1.29 is 26.7 Å². The average Bonchev–Trinajstić information content (AvgIpc) is 3.24. The third-order valence-corrected chi connectivity index (χ3v) is 6.06. The van der Waals surface area contributed by atoms with Gasteiger partial charge in [-0.1, -0.05) is 12.1 Å². The maximum Gasteiger partial charge on any atom is 0.419 e. The number of thiazole rings is 1. The molecule has 182 valence electrons. The zero-order valence-corrected chi connectivity index (χ0v) is 18.9. The van der Waals surface area contributed by atoms with E-state index in [1.54, 1.807) is 18.2 Å². The Bertz CT molecular complexity index is 1600. The molecule has 0 aliphatic carbocycles. The highest BCUT2D eigenvalue weighted by Gasteiger charge is 2.36. The topological polar surface area (TPSA) is 86.0 Å². The summed E-state index contributed by atoms with van der Waals surface area (Å²) in [6.07, 6.45) is -5.39. The molecule has 4 aromatic rings. The molecule has 35 heavy (non-hydrogen) atoms. The van der Waals surface area contributed by atoms with Gasteiger partial charge in [0, 0.05) is 25.0 Å². The number of nitrogens with zero attached hydrogens (tertiary/aromatic N) is 3. The number of hydrogen-bond donors (Lipinski definition) is 1. The van der Waals surface area contributed by atoms with Crippen molar-refractivity contribution in [2.24, 2.45) is 14.1 Å². The van der Waals surface area contributed by atoms with Crippen LogP contribution in [-0.4, -0.2) is 20.0 Å². The molecule has 0 aliphatic rings. The fourth-order valence-electron chi connectivity index (χ4n) is 3.62. The SMILES string of the molecule is Cn1c(=O)c2c(CC(=O)Nc3nc(-c4cc(F)cc(C(F)(F)F)c4F)cs3)cccc2n(C)c1=O. The zero-order valence-electron chi connectivity index (χ0n) is 18.0. The predicted octanol–water partition coefficient (Wildman–Crippen LogP) is 3.84. The molecule has 0 saturated heterocycles.